The first-order valence-electron chi connectivity index (χ1n) is 13.7. The van der Waals surface area contributed by atoms with E-state index in [-0.39, 0.29) is 36.2 Å². The zero-order valence-electron chi connectivity index (χ0n) is 23.2. The van der Waals surface area contributed by atoms with Crippen molar-refractivity contribution in [1.82, 2.24) is 10.2 Å². The number of nitrogens with one attached hydrogen (secondary N) is 1. The molecule has 8 heteroatoms. The van der Waals surface area contributed by atoms with E-state index in [0.717, 1.165) is 36.8 Å². The first kappa shape index (κ1) is 28.8. The van der Waals surface area contributed by atoms with Crippen LogP contribution in [0.4, 0.5) is 0 Å². The van der Waals surface area contributed by atoms with Crippen molar-refractivity contribution in [2.24, 2.45) is 16.3 Å². The van der Waals surface area contributed by atoms with Crippen molar-refractivity contribution in [3.05, 3.63) is 70.2 Å². The fraction of sp³-hybridized carbons (Fsp3) is 0.484. The van der Waals surface area contributed by atoms with Gasteiger partial charge in [-0.15, -0.1) is 0 Å². The molecule has 0 aromatic heterocycles. The Labute approximate surface area is 235 Å². The lowest BCUT2D eigenvalue weighted by molar-refractivity contribution is -0.137. The van der Waals surface area contributed by atoms with Crippen LogP contribution >= 0.6 is 11.6 Å². The van der Waals surface area contributed by atoms with Gasteiger partial charge >= 0.3 is 5.97 Å². The average Bonchev–Trinajstić information content (AvgIpc) is 3.16. The average molecular weight is 552 g/mol. The second kappa shape index (κ2) is 11.5. The molecule has 1 aliphatic heterocycles. The minimum absolute atomic E-state index is 0.0669. The van der Waals surface area contributed by atoms with Gasteiger partial charge in [0, 0.05) is 22.7 Å². The van der Waals surface area contributed by atoms with E-state index in [1.807, 2.05) is 29.2 Å². The molecule has 7 nitrogen and oxygen atoms in total. The lowest BCUT2D eigenvalue weighted by Crippen LogP contribution is -2.51. The topological polar surface area (TPSA) is 99.1 Å². The summed E-state index contributed by atoms with van der Waals surface area (Å²) in [5.74, 6) is -0.813. The summed E-state index contributed by atoms with van der Waals surface area (Å²) in [4.78, 5) is 44.5. The maximum atomic E-state index is 14.1. The van der Waals surface area contributed by atoms with Crippen LogP contribution in [0.15, 0.2) is 53.5 Å². The minimum Gasteiger partial charge on any atom is -0.481 e. The monoisotopic (exact) mass is 551 g/mol. The first-order valence-corrected chi connectivity index (χ1v) is 14.1. The molecule has 0 saturated heterocycles. The van der Waals surface area contributed by atoms with Crippen LogP contribution in [0.2, 0.25) is 5.02 Å². The highest BCUT2D eigenvalue weighted by atomic mass is 35.5. The van der Waals surface area contributed by atoms with E-state index in [0.29, 0.717) is 28.6 Å². The van der Waals surface area contributed by atoms with Crippen molar-refractivity contribution >= 4 is 35.1 Å². The van der Waals surface area contributed by atoms with Crippen LogP contribution in [-0.4, -0.2) is 45.7 Å². The SMILES string of the molecule is CC[C@H](c1ccc(C(=O)NCCC(=O)O)cc1)N1C(=O)C(c2cccc(Cl)c2)=NC12CCC(C(C)(C)C)CC2. The van der Waals surface area contributed by atoms with Crippen LogP contribution in [-0.2, 0) is 9.59 Å². The van der Waals surface area contributed by atoms with Crippen molar-refractivity contribution in [1.29, 1.82) is 0 Å². The standard InChI is InChI=1S/C31H38ClN3O4/c1-5-25(20-9-11-21(12-10-20)28(38)33-18-15-26(36)37)35-29(39)27(22-7-6-8-24(32)19-22)34-31(35)16-13-23(14-17-31)30(2,3)4/h6-12,19,23,25H,5,13-18H2,1-4H3,(H,33,38)(H,36,37)/t23?,25-,31?/m1/s1. The van der Waals surface area contributed by atoms with Crippen LogP contribution in [0.25, 0.3) is 0 Å². The molecule has 1 aliphatic carbocycles. The third-order valence-corrected chi connectivity index (χ3v) is 8.41. The van der Waals surface area contributed by atoms with Gasteiger partial charge in [0.15, 0.2) is 0 Å². The number of halogens is 1. The molecule has 2 amide bonds. The number of hydrogen-bond donors (Lipinski definition) is 2. The molecule has 39 heavy (non-hydrogen) atoms. The number of amides is 2. The number of hydrogen-bond acceptors (Lipinski definition) is 4. The van der Waals surface area contributed by atoms with E-state index in [1.54, 1.807) is 24.3 Å². The minimum atomic E-state index is -0.962. The zero-order valence-corrected chi connectivity index (χ0v) is 23.9. The molecule has 1 fully saturated rings. The van der Waals surface area contributed by atoms with E-state index < -0.39 is 11.6 Å². The molecule has 2 aliphatic rings. The predicted molar refractivity (Wildman–Crippen MR) is 153 cm³/mol. The largest absolute Gasteiger partial charge is 0.481 e. The van der Waals surface area contributed by atoms with Crippen molar-refractivity contribution in [3.63, 3.8) is 0 Å². The molecule has 1 saturated carbocycles. The molecule has 0 unspecified atom stereocenters. The number of aliphatic imine (C=N–C) groups is 1. The number of nitrogens with zero attached hydrogens (tertiary/aromatic N) is 2. The van der Waals surface area contributed by atoms with Crippen LogP contribution in [0, 0.1) is 11.3 Å². The summed E-state index contributed by atoms with van der Waals surface area (Å²) >= 11 is 6.29. The van der Waals surface area contributed by atoms with Gasteiger partial charge in [0.2, 0.25) is 0 Å². The highest BCUT2D eigenvalue weighted by Gasteiger charge is 2.52. The van der Waals surface area contributed by atoms with E-state index >= 15 is 0 Å². The molecule has 2 aromatic rings. The van der Waals surface area contributed by atoms with Gasteiger partial charge < -0.3 is 15.3 Å². The van der Waals surface area contributed by atoms with Crippen LogP contribution in [0.3, 0.4) is 0 Å². The fourth-order valence-electron chi connectivity index (χ4n) is 5.98. The number of carbonyl (C=O) groups is 3. The van der Waals surface area contributed by atoms with Crippen molar-refractivity contribution in [3.8, 4) is 0 Å². The molecule has 0 bridgehead atoms. The summed E-state index contributed by atoms with van der Waals surface area (Å²) in [6.07, 6.45) is 4.14. The summed E-state index contributed by atoms with van der Waals surface area (Å²) in [6, 6.07) is 14.4. The number of benzene rings is 2. The number of aliphatic carboxylic acids is 1. The van der Waals surface area contributed by atoms with E-state index in [9.17, 15) is 14.4 Å². The molecule has 2 N–H and O–H groups in total. The molecule has 4 rings (SSSR count). The van der Waals surface area contributed by atoms with Gasteiger partial charge in [-0.25, -0.2) is 0 Å². The van der Waals surface area contributed by atoms with Crippen LogP contribution < -0.4 is 5.32 Å². The number of carboxylic acid groups (broad SMARTS) is 1. The molecule has 208 valence electrons. The fourth-order valence-corrected chi connectivity index (χ4v) is 6.17. The molecule has 1 spiro atoms. The predicted octanol–water partition coefficient (Wildman–Crippen LogP) is 6.26. The summed E-state index contributed by atoms with van der Waals surface area (Å²) in [7, 11) is 0. The molecule has 2 aromatic carbocycles. The highest BCUT2D eigenvalue weighted by molar-refractivity contribution is 6.47. The van der Waals surface area contributed by atoms with E-state index in [1.165, 1.54) is 0 Å². The molecule has 1 atom stereocenters. The van der Waals surface area contributed by atoms with Crippen molar-refractivity contribution < 1.29 is 19.5 Å². The maximum Gasteiger partial charge on any atom is 0.305 e. The Hall–Kier alpha value is -3.19. The Kier molecular flexibility index (Phi) is 8.50. The molecular weight excluding hydrogens is 514 g/mol. The van der Waals surface area contributed by atoms with Gasteiger partial charge in [-0.3, -0.25) is 19.4 Å². The summed E-state index contributed by atoms with van der Waals surface area (Å²) < 4.78 is 0. The Morgan fingerprint density at radius 3 is 2.38 bits per heavy atom. The van der Waals surface area contributed by atoms with E-state index in [2.05, 4.69) is 33.0 Å². The normalized spacial score (nSPS) is 22.1. The summed E-state index contributed by atoms with van der Waals surface area (Å²) in [6.45, 7) is 8.97. The molecular formula is C31H38ClN3O4. The van der Waals surface area contributed by atoms with Crippen LogP contribution in [0.1, 0.15) is 93.7 Å². The van der Waals surface area contributed by atoms with Gasteiger partial charge in [0.25, 0.3) is 11.8 Å². The van der Waals surface area contributed by atoms with Crippen molar-refractivity contribution in [2.75, 3.05) is 6.54 Å². The molecule has 1 heterocycles. The number of carbonyl (C=O) groups excluding carboxylic acids is 2. The maximum absolute atomic E-state index is 14.1. The van der Waals surface area contributed by atoms with Gasteiger partial charge in [-0.2, -0.15) is 0 Å². The lowest BCUT2D eigenvalue weighted by Gasteiger charge is -2.47. The van der Waals surface area contributed by atoms with Gasteiger partial charge in [0.05, 0.1) is 12.5 Å². The Morgan fingerprint density at radius 2 is 1.82 bits per heavy atom. The smallest absolute Gasteiger partial charge is 0.305 e. The lowest BCUT2D eigenvalue weighted by atomic mass is 9.69. The summed E-state index contributed by atoms with van der Waals surface area (Å²) in [5, 5.41) is 12.0. The highest BCUT2D eigenvalue weighted by Crippen LogP contribution is 2.49. The zero-order chi connectivity index (χ0) is 28.4. The third-order valence-electron chi connectivity index (χ3n) is 8.18. The third kappa shape index (κ3) is 6.19. The first-order chi connectivity index (χ1) is 18.4. The van der Waals surface area contributed by atoms with Gasteiger partial charge in [0.1, 0.15) is 11.4 Å². The Morgan fingerprint density at radius 1 is 1.15 bits per heavy atom. The Bertz CT molecular complexity index is 1260. The molecule has 0 radical (unpaired) electrons. The summed E-state index contributed by atoms with van der Waals surface area (Å²) in [5.41, 5.74) is 2.15. The Balaban J connectivity index is 1.65. The number of rotatable bonds is 8. The number of carboxylic acids is 1. The second-order valence-corrected chi connectivity index (χ2v) is 12.2. The van der Waals surface area contributed by atoms with Crippen molar-refractivity contribution in [2.45, 2.75) is 77.9 Å². The quantitative estimate of drug-likeness (QED) is 0.404. The second-order valence-electron chi connectivity index (χ2n) is 11.7. The van der Waals surface area contributed by atoms with Gasteiger partial charge in [-0.1, -0.05) is 63.6 Å². The van der Waals surface area contributed by atoms with E-state index in [4.69, 9.17) is 21.7 Å². The van der Waals surface area contributed by atoms with Gasteiger partial charge in [-0.05, 0) is 73.3 Å². The van der Waals surface area contributed by atoms with Crippen LogP contribution in [0.5, 0.6) is 0 Å².